The van der Waals surface area contributed by atoms with Gasteiger partial charge in [0.15, 0.2) is 0 Å². The average molecular weight is 280 g/mol. The van der Waals surface area contributed by atoms with E-state index in [-0.39, 0.29) is 6.61 Å². The standard InChI is InChI=1S/C9H12BrClN2O/c1-9(4-12,5-14)6-2-8(11)13-3-7(6)10/h2-3,14H,4-5,12H2,1H3. The lowest BCUT2D eigenvalue weighted by Crippen LogP contribution is -2.36. The number of hydrogen-bond acceptors (Lipinski definition) is 3. The number of aliphatic hydroxyl groups excluding tert-OH is 1. The predicted molar refractivity (Wildman–Crippen MR) is 60.4 cm³/mol. The highest BCUT2D eigenvalue weighted by atomic mass is 79.9. The van der Waals surface area contributed by atoms with Crippen LogP contribution in [0.2, 0.25) is 5.15 Å². The SMILES string of the molecule is CC(CN)(CO)c1cc(Cl)ncc1Br. The number of halogens is 2. The molecule has 0 aromatic carbocycles. The largest absolute Gasteiger partial charge is 0.395 e. The number of pyridine rings is 1. The summed E-state index contributed by atoms with van der Waals surface area (Å²) in [6.07, 6.45) is 1.61. The molecule has 0 aliphatic rings. The molecule has 1 heterocycles. The van der Waals surface area contributed by atoms with Crippen LogP contribution >= 0.6 is 27.5 Å². The summed E-state index contributed by atoms with van der Waals surface area (Å²) in [6.45, 7) is 2.20. The summed E-state index contributed by atoms with van der Waals surface area (Å²) in [5, 5.41) is 9.69. The van der Waals surface area contributed by atoms with Crippen LogP contribution in [0.5, 0.6) is 0 Å². The van der Waals surface area contributed by atoms with E-state index in [1.165, 1.54) is 0 Å². The third kappa shape index (κ3) is 2.25. The van der Waals surface area contributed by atoms with Gasteiger partial charge in [-0.25, -0.2) is 4.98 Å². The van der Waals surface area contributed by atoms with Crippen LogP contribution in [0.15, 0.2) is 16.7 Å². The highest BCUT2D eigenvalue weighted by Crippen LogP contribution is 2.30. The van der Waals surface area contributed by atoms with Crippen LogP contribution in [0, 0.1) is 0 Å². The molecule has 0 amide bonds. The Balaban J connectivity index is 3.22. The molecule has 0 saturated carbocycles. The zero-order chi connectivity index (χ0) is 10.8. The second kappa shape index (κ2) is 4.57. The number of rotatable bonds is 3. The minimum absolute atomic E-state index is 0.0254. The Morgan fingerprint density at radius 3 is 2.86 bits per heavy atom. The minimum Gasteiger partial charge on any atom is -0.395 e. The Morgan fingerprint density at radius 2 is 2.36 bits per heavy atom. The van der Waals surface area contributed by atoms with Gasteiger partial charge in [0.05, 0.1) is 6.61 Å². The minimum atomic E-state index is -0.481. The maximum absolute atomic E-state index is 9.29. The number of nitrogens with zero attached hydrogens (tertiary/aromatic N) is 1. The fourth-order valence-corrected chi connectivity index (χ4v) is 1.99. The van der Waals surface area contributed by atoms with Gasteiger partial charge in [-0.1, -0.05) is 18.5 Å². The fraction of sp³-hybridized carbons (Fsp3) is 0.444. The number of hydrogen-bond donors (Lipinski definition) is 2. The third-order valence-corrected chi connectivity index (χ3v) is 3.11. The number of nitrogens with two attached hydrogens (primary N) is 1. The summed E-state index contributed by atoms with van der Waals surface area (Å²) in [4.78, 5) is 3.92. The summed E-state index contributed by atoms with van der Waals surface area (Å²) in [7, 11) is 0. The molecule has 1 atom stereocenters. The summed E-state index contributed by atoms with van der Waals surface area (Å²) in [5.74, 6) is 0. The molecule has 0 fully saturated rings. The molecule has 3 nitrogen and oxygen atoms in total. The van der Waals surface area contributed by atoms with Crippen LogP contribution in [0.4, 0.5) is 0 Å². The summed E-state index contributed by atoms with van der Waals surface area (Å²) in [5.41, 5.74) is 6.02. The van der Waals surface area contributed by atoms with E-state index < -0.39 is 5.41 Å². The van der Waals surface area contributed by atoms with E-state index >= 15 is 0 Å². The van der Waals surface area contributed by atoms with Crippen molar-refractivity contribution in [1.29, 1.82) is 0 Å². The van der Waals surface area contributed by atoms with Crippen molar-refractivity contribution in [3.63, 3.8) is 0 Å². The Bertz CT molecular complexity index is 329. The van der Waals surface area contributed by atoms with Crippen LogP contribution in [0.3, 0.4) is 0 Å². The molecule has 14 heavy (non-hydrogen) atoms. The number of aromatic nitrogens is 1. The maximum atomic E-state index is 9.29. The van der Waals surface area contributed by atoms with Crippen molar-refractivity contribution in [3.8, 4) is 0 Å². The second-order valence-electron chi connectivity index (χ2n) is 3.41. The highest BCUT2D eigenvalue weighted by Gasteiger charge is 2.26. The van der Waals surface area contributed by atoms with Crippen molar-refractivity contribution in [1.82, 2.24) is 4.98 Å². The lowest BCUT2D eigenvalue weighted by atomic mass is 9.84. The first-order valence-corrected chi connectivity index (χ1v) is 5.33. The summed E-state index contributed by atoms with van der Waals surface area (Å²) in [6, 6.07) is 1.72. The van der Waals surface area contributed by atoms with E-state index in [1.54, 1.807) is 12.3 Å². The van der Waals surface area contributed by atoms with Gasteiger partial charge in [-0.2, -0.15) is 0 Å². The predicted octanol–water partition coefficient (Wildman–Crippen LogP) is 1.71. The van der Waals surface area contributed by atoms with Gasteiger partial charge in [0.25, 0.3) is 0 Å². The fourth-order valence-electron chi connectivity index (χ4n) is 1.14. The van der Waals surface area contributed by atoms with Crippen molar-refractivity contribution in [2.24, 2.45) is 5.73 Å². The van der Waals surface area contributed by atoms with Crippen LogP contribution in [-0.2, 0) is 5.41 Å². The summed E-state index contributed by atoms with van der Waals surface area (Å²) >= 11 is 9.14. The van der Waals surface area contributed by atoms with E-state index in [9.17, 15) is 5.11 Å². The lowest BCUT2D eigenvalue weighted by Gasteiger charge is -2.26. The van der Waals surface area contributed by atoms with Crippen LogP contribution in [-0.4, -0.2) is 23.2 Å². The third-order valence-electron chi connectivity index (χ3n) is 2.27. The first kappa shape index (κ1) is 11.9. The first-order valence-electron chi connectivity index (χ1n) is 4.16. The van der Waals surface area contributed by atoms with E-state index in [0.717, 1.165) is 10.0 Å². The van der Waals surface area contributed by atoms with Gasteiger partial charge in [0, 0.05) is 22.6 Å². The Hall–Kier alpha value is -0.160. The molecule has 1 rings (SSSR count). The smallest absolute Gasteiger partial charge is 0.129 e. The van der Waals surface area contributed by atoms with Gasteiger partial charge in [-0.05, 0) is 27.6 Å². The molecule has 0 saturated heterocycles. The van der Waals surface area contributed by atoms with Crippen LogP contribution in [0.25, 0.3) is 0 Å². The van der Waals surface area contributed by atoms with Gasteiger partial charge in [-0.15, -0.1) is 0 Å². The molecule has 0 bridgehead atoms. The van der Waals surface area contributed by atoms with Crippen molar-refractivity contribution >= 4 is 27.5 Å². The topological polar surface area (TPSA) is 59.1 Å². The average Bonchev–Trinajstić information content (AvgIpc) is 2.20. The van der Waals surface area contributed by atoms with Gasteiger partial charge in [0.1, 0.15) is 5.15 Å². The quantitative estimate of drug-likeness (QED) is 0.828. The van der Waals surface area contributed by atoms with E-state index in [0.29, 0.717) is 11.7 Å². The van der Waals surface area contributed by atoms with Crippen LogP contribution in [0.1, 0.15) is 12.5 Å². The Kier molecular flexibility index (Phi) is 3.89. The molecule has 0 radical (unpaired) electrons. The van der Waals surface area contributed by atoms with Gasteiger partial charge in [0.2, 0.25) is 0 Å². The first-order chi connectivity index (χ1) is 6.53. The van der Waals surface area contributed by atoms with E-state index in [2.05, 4.69) is 20.9 Å². The van der Waals surface area contributed by atoms with Gasteiger partial charge < -0.3 is 10.8 Å². The monoisotopic (exact) mass is 278 g/mol. The molecular weight excluding hydrogens is 267 g/mol. The molecule has 3 N–H and O–H groups in total. The molecule has 0 spiro atoms. The van der Waals surface area contributed by atoms with E-state index in [1.807, 2.05) is 6.92 Å². The lowest BCUT2D eigenvalue weighted by molar-refractivity contribution is 0.209. The Labute approximate surface area is 96.4 Å². The van der Waals surface area contributed by atoms with Crippen molar-refractivity contribution in [2.75, 3.05) is 13.2 Å². The molecule has 1 aromatic heterocycles. The molecule has 5 heteroatoms. The normalized spacial score (nSPS) is 15.2. The van der Waals surface area contributed by atoms with Gasteiger partial charge >= 0.3 is 0 Å². The zero-order valence-electron chi connectivity index (χ0n) is 7.80. The second-order valence-corrected chi connectivity index (χ2v) is 4.65. The van der Waals surface area contributed by atoms with Crippen LogP contribution < -0.4 is 5.73 Å². The Morgan fingerprint density at radius 1 is 1.71 bits per heavy atom. The van der Waals surface area contributed by atoms with Crippen molar-refractivity contribution in [2.45, 2.75) is 12.3 Å². The van der Waals surface area contributed by atoms with Crippen molar-refractivity contribution in [3.05, 3.63) is 27.5 Å². The molecule has 0 aliphatic heterocycles. The molecule has 78 valence electrons. The molecule has 1 unspecified atom stereocenters. The zero-order valence-corrected chi connectivity index (χ0v) is 10.1. The highest BCUT2D eigenvalue weighted by molar-refractivity contribution is 9.10. The molecular formula is C9H12BrClN2O. The van der Waals surface area contributed by atoms with Gasteiger partial charge in [-0.3, -0.25) is 0 Å². The number of aliphatic hydroxyl groups is 1. The van der Waals surface area contributed by atoms with E-state index in [4.69, 9.17) is 17.3 Å². The maximum Gasteiger partial charge on any atom is 0.129 e. The van der Waals surface area contributed by atoms with Crippen molar-refractivity contribution < 1.29 is 5.11 Å². The summed E-state index contributed by atoms with van der Waals surface area (Å²) < 4.78 is 0.809. The molecule has 0 aliphatic carbocycles. The molecule has 1 aromatic rings.